The second kappa shape index (κ2) is 9.34. The highest BCUT2D eigenvalue weighted by atomic mass is 16.5. The molecule has 0 radical (unpaired) electrons. The predicted octanol–water partition coefficient (Wildman–Crippen LogP) is 2.73. The molecule has 0 aromatic carbocycles. The quantitative estimate of drug-likeness (QED) is 0.291. The smallest absolute Gasteiger partial charge is 0.277 e. The minimum Gasteiger partial charge on any atom is -0.494 e. The lowest BCUT2D eigenvalue weighted by molar-refractivity contribution is -0.164. The largest absolute Gasteiger partial charge is 0.494 e. The minimum absolute atomic E-state index is 0.109. The van der Waals surface area contributed by atoms with E-state index in [-0.39, 0.29) is 40.4 Å². The van der Waals surface area contributed by atoms with Gasteiger partial charge in [0.2, 0.25) is 0 Å². The van der Waals surface area contributed by atoms with Crippen LogP contribution in [0.1, 0.15) is 70.8 Å². The van der Waals surface area contributed by atoms with E-state index < -0.39 is 23.8 Å². The van der Waals surface area contributed by atoms with Gasteiger partial charge < -0.3 is 10.2 Å². The molecule has 9 nitrogen and oxygen atoms in total. The number of hydrogen-bond donors (Lipinski definition) is 4. The van der Waals surface area contributed by atoms with Crippen LogP contribution in [0.25, 0.3) is 0 Å². The molecule has 1 aliphatic heterocycles. The molecule has 3 rings (SSSR count). The first-order chi connectivity index (χ1) is 14.3. The van der Waals surface area contributed by atoms with Crippen LogP contribution in [0.5, 0.6) is 11.8 Å². The average molecular weight is 419 g/mol. The van der Waals surface area contributed by atoms with Crippen molar-refractivity contribution in [3.8, 4) is 11.8 Å². The van der Waals surface area contributed by atoms with Gasteiger partial charge >= 0.3 is 0 Å². The number of nitrogens with one attached hydrogen (secondary N) is 1. The molecular formula is C21H29N3O6. The van der Waals surface area contributed by atoms with Gasteiger partial charge in [-0.3, -0.25) is 29.5 Å². The molecule has 1 saturated carbocycles. The van der Waals surface area contributed by atoms with Crippen LogP contribution < -0.4 is 5.32 Å². The lowest BCUT2D eigenvalue weighted by Crippen LogP contribution is -2.38. The van der Waals surface area contributed by atoms with Gasteiger partial charge in [0, 0.05) is 17.7 Å². The van der Waals surface area contributed by atoms with E-state index in [2.05, 4.69) is 5.32 Å². The summed E-state index contributed by atoms with van der Waals surface area (Å²) >= 11 is 0. The monoisotopic (exact) mass is 419 g/mol. The molecule has 2 heterocycles. The molecule has 0 spiro atoms. The number of hydroxylamine groups is 2. The molecule has 1 aliphatic carbocycles. The summed E-state index contributed by atoms with van der Waals surface area (Å²) in [6.45, 7) is 1.92. The Labute approximate surface area is 174 Å². The number of imide groups is 1. The van der Waals surface area contributed by atoms with Crippen molar-refractivity contribution in [1.82, 2.24) is 14.9 Å². The third-order valence-electron chi connectivity index (χ3n) is 5.94. The van der Waals surface area contributed by atoms with Gasteiger partial charge in [0.05, 0.1) is 0 Å². The van der Waals surface area contributed by atoms with Crippen LogP contribution in [-0.2, 0) is 14.4 Å². The van der Waals surface area contributed by atoms with E-state index in [1.807, 2.05) is 6.92 Å². The lowest BCUT2D eigenvalue weighted by Gasteiger charge is -2.25. The van der Waals surface area contributed by atoms with Gasteiger partial charge in [-0.1, -0.05) is 51.9 Å². The van der Waals surface area contributed by atoms with Crippen LogP contribution >= 0.6 is 0 Å². The molecule has 1 fully saturated rings. The number of unbranched alkanes of at least 4 members (excludes halogenated alkanes) is 1. The van der Waals surface area contributed by atoms with Crippen LogP contribution in [0.2, 0.25) is 0 Å². The van der Waals surface area contributed by atoms with Gasteiger partial charge in [-0.05, 0) is 18.8 Å². The highest BCUT2D eigenvalue weighted by Crippen LogP contribution is 2.34. The first-order valence-electron chi connectivity index (χ1n) is 10.6. The van der Waals surface area contributed by atoms with E-state index in [9.17, 15) is 29.8 Å². The van der Waals surface area contributed by atoms with Crippen molar-refractivity contribution in [2.24, 2.45) is 5.92 Å². The zero-order valence-corrected chi connectivity index (χ0v) is 17.1. The summed E-state index contributed by atoms with van der Waals surface area (Å²) in [5.74, 6) is -2.76. The Kier molecular flexibility index (Phi) is 6.81. The zero-order valence-electron chi connectivity index (χ0n) is 17.1. The van der Waals surface area contributed by atoms with Crippen LogP contribution in [0, 0.1) is 5.92 Å². The molecule has 0 saturated heterocycles. The van der Waals surface area contributed by atoms with Crippen LogP contribution in [-0.4, -0.2) is 42.8 Å². The molecule has 1 atom stereocenters. The molecule has 1 aromatic rings. The van der Waals surface area contributed by atoms with E-state index in [1.54, 1.807) is 0 Å². The maximum Gasteiger partial charge on any atom is 0.277 e. The van der Waals surface area contributed by atoms with Crippen LogP contribution in [0.15, 0.2) is 23.4 Å². The summed E-state index contributed by atoms with van der Waals surface area (Å²) in [4.78, 5) is 37.9. The molecule has 1 unspecified atom stereocenters. The molecule has 30 heavy (non-hydrogen) atoms. The van der Waals surface area contributed by atoms with Gasteiger partial charge in [-0.25, -0.2) is 0 Å². The van der Waals surface area contributed by atoms with Crippen molar-refractivity contribution in [2.75, 3.05) is 0 Å². The van der Waals surface area contributed by atoms with Gasteiger partial charge in [0.1, 0.15) is 11.7 Å². The zero-order chi connectivity index (χ0) is 21.8. The second-order valence-electron chi connectivity index (χ2n) is 8.05. The lowest BCUT2D eigenvalue weighted by atomic mass is 9.84. The number of amides is 3. The highest BCUT2D eigenvalue weighted by molar-refractivity contribution is 6.20. The summed E-state index contributed by atoms with van der Waals surface area (Å²) in [5.41, 5.74) is -0.249. The van der Waals surface area contributed by atoms with Crippen molar-refractivity contribution in [1.29, 1.82) is 0 Å². The van der Waals surface area contributed by atoms with Gasteiger partial charge in [0.25, 0.3) is 17.7 Å². The normalized spacial score (nSPS) is 18.6. The van der Waals surface area contributed by atoms with E-state index >= 15 is 0 Å². The van der Waals surface area contributed by atoms with Crippen molar-refractivity contribution in [3.05, 3.63) is 23.4 Å². The molecule has 2 aliphatic rings. The topological polar surface area (TPSA) is 132 Å². The fourth-order valence-corrected chi connectivity index (χ4v) is 4.33. The van der Waals surface area contributed by atoms with Gasteiger partial charge in [-0.15, -0.1) is 0 Å². The number of carbonyl (C=O) groups excluding carboxylic acids is 3. The van der Waals surface area contributed by atoms with E-state index in [0.717, 1.165) is 43.1 Å². The number of carbonyl (C=O) groups is 3. The standard InChI is InChI=1S/C21H29N3O6/c1-2-3-9-15(23-16(25)10-11-17(23)26)21(29)24(30)18-14(19(27)22-20(18)28)12-13-7-5-4-6-8-13/h10-11,13,15,25-26,30H,2-9,12H2,1H3,(H,22,27,28). The van der Waals surface area contributed by atoms with Gasteiger partial charge in [-0.2, -0.15) is 5.06 Å². The van der Waals surface area contributed by atoms with E-state index in [4.69, 9.17) is 0 Å². The Bertz CT molecular complexity index is 833. The van der Waals surface area contributed by atoms with E-state index in [0.29, 0.717) is 12.8 Å². The third-order valence-corrected chi connectivity index (χ3v) is 5.94. The molecule has 0 bridgehead atoms. The van der Waals surface area contributed by atoms with Crippen molar-refractivity contribution < 1.29 is 29.8 Å². The fourth-order valence-electron chi connectivity index (χ4n) is 4.33. The summed E-state index contributed by atoms with van der Waals surface area (Å²) in [6, 6.07) is 1.35. The number of aromatic hydroxyl groups is 2. The Morgan fingerprint density at radius 1 is 1.17 bits per heavy atom. The third kappa shape index (κ3) is 4.35. The Morgan fingerprint density at radius 2 is 1.80 bits per heavy atom. The molecule has 1 aromatic heterocycles. The number of rotatable bonds is 8. The maximum absolute atomic E-state index is 13.1. The number of hydrogen-bond acceptors (Lipinski definition) is 6. The molecule has 4 N–H and O–H groups in total. The number of aromatic nitrogens is 1. The predicted molar refractivity (Wildman–Crippen MR) is 106 cm³/mol. The van der Waals surface area contributed by atoms with E-state index in [1.165, 1.54) is 12.1 Å². The minimum atomic E-state index is -1.13. The summed E-state index contributed by atoms with van der Waals surface area (Å²) < 4.78 is 1.01. The molecule has 164 valence electrons. The Hall–Kier alpha value is -2.81. The van der Waals surface area contributed by atoms with Crippen molar-refractivity contribution >= 4 is 17.7 Å². The summed E-state index contributed by atoms with van der Waals surface area (Å²) in [5, 5.41) is 33.2. The summed E-state index contributed by atoms with van der Waals surface area (Å²) in [6.07, 6.45) is 6.98. The van der Waals surface area contributed by atoms with Crippen molar-refractivity contribution in [3.63, 3.8) is 0 Å². The molecular weight excluding hydrogens is 390 g/mol. The first-order valence-corrected chi connectivity index (χ1v) is 10.6. The second-order valence-corrected chi connectivity index (χ2v) is 8.05. The highest BCUT2D eigenvalue weighted by Gasteiger charge is 2.40. The SMILES string of the molecule is CCCCC(C(=O)N(O)C1=C(CC2CCCCC2)C(=O)NC1=O)n1c(O)ccc1O. The van der Waals surface area contributed by atoms with Crippen LogP contribution in [0.3, 0.4) is 0 Å². The van der Waals surface area contributed by atoms with Crippen LogP contribution in [0.4, 0.5) is 0 Å². The van der Waals surface area contributed by atoms with Gasteiger partial charge in [0.15, 0.2) is 11.8 Å². The Morgan fingerprint density at radius 3 is 2.40 bits per heavy atom. The maximum atomic E-state index is 13.1. The number of nitrogens with zero attached hydrogens (tertiary/aromatic N) is 2. The average Bonchev–Trinajstić information content (AvgIpc) is 3.20. The molecule has 9 heteroatoms. The fraction of sp³-hybridized carbons (Fsp3) is 0.571. The molecule has 3 amide bonds. The Balaban J connectivity index is 1.91. The first kappa shape index (κ1) is 21.9. The van der Waals surface area contributed by atoms with Crippen molar-refractivity contribution in [2.45, 2.75) is 70.8 Å². The summed E-state index contributed by atoms with van der Waals surface area (Å²) in [7, 11) is 0.